The first-order valence-electron chi connectivity index (χ1n) is 7.27. The molecule has 0 aliphatic rings. The third-order valence-corrected chi connectivity index (χ3v) is 5.31. The van der Waals surface area contributed by atoms with Crippen LogP contribution in [-0.4, -0.2) is 14.0 Å². The van der Waals surface area contributed by atoms with Crippen LogP contribution >= 0.6 is 22.9 Å². The predicted octanol–water partition coefficient (Wildman–Crippen LogP) is 3.33. The van der Waals surface area contributed by atoms with Gasteiger partial charge in [-0.05, 0) is 61.4 Å². The van der Waals surface area contributed by atoms with Crippen molar-refractivity contribution >= 4 is 38.1 Å². The molecule has 0 unspecified atom stereocenters. The number of rotatable bonds is 1. The van der Waals surface area contributed by atoms with Gasteiger partial charge in [-0.3, -0.25) is 0 Å². The molecule has 24 heavy (non-hydrogen) atoms. The summed E-state index contributed by atoms with van der Waals surface area (Å²) in [5.74, 6) is 0. The lowest BCUT2D eigenvalue weighted by atomic mass is 10.1. The van der Waals surface area contributed by atoms with Gasteiger partial charge in [-0.15, -0.1) is 0 Å². The summed E-state index contributed by atoms with van der Waals surface area (Å²) in [4.78, 5) is 29.8. The lowest BCUT2D eigenvalue weighted by Crippen LogP contribution is -2.37. The molecule has 0 fully saturated rings. The summed E-state index contributed by atoms with van der Waals surface area (Å²) in [7, 11) is 0. The lowest BCUT2D eigenvalue weighted by molar-refractivity contribution is 0.814. The van der Waals surface area contributed by atoms with Gasteiger partial charge in [0.05, 0.1) is 15.9 Å². The normalized spacial score (nSPS) is 11.5. The van der Waals surface area contributed by atoms with Crippen molar-refractivity contribution in [3.05, 3.63) is 73.5 Å². The first-order valence-corrected chi connectivity index (χ1v) is 8.46. The van der Waals surface area contributed by atoms with Crippen molar-refractivity contribution < 1.29 is 0 Å². The smallest absolute Gasteiger partial charge is 0.247 e. The maximum atomic E-state index is 13.0. The molecule has 0 bridgehead atoms. The van der Waals surface area contributed by atoms with Gasteiger partial charge in [0.1, 0.15) is 0 Å². The fourth-order valence-electron chi connectivity index (χ4n) is 2.66. The fourth-order valence-corrected chi connectivity index (χ4v) is 3.86. The minimum atomic E-state index is -0.595. The van der Waals surface area contributed by atoms with E-state index in [0.29, 0.717) is 15.7 Å². The SMILES string of the molecule is Cc1cc2sc3nc(=O)n(-c4ccc(Cl)cc4)c(=O)n3c2cc1C. The number of aromatic nitrogens is 3. The molecule has 0 saturated heterocycles. The quantitative estimate of drug-likeness (QED) is 0.525. The molecule has 0 aliphatic carbocycles. The van der Waals surface area contributed by atoms with Gasteiger partial charge in [0.15, 0.2) is 0 Å². The van der Waals surface area contributed by atoms with Crippen LogP contribution < -0.4 is 11.4 Å². The Morgan fingerprint density at radius 1 is 1.04 bits per heavy atom. The van der Waals surface area contributed by atoms with Crippen molar-refractivity contribution in [3.63, 3.8) is 0 Å². The number of hydrogen-bond acceptors (Lipinski definition) is 4. The van der Waals surface area contributed by atoms with Crippen molar-refractivity contribution in [2.75, 3.05) is 0 Å². The van der Waals surface area contributed by atoms with Crippen LogP contribution in [0.25, 0.3) is 20.9 Å². The second-order valence-electron chi connectivity index (χ2n) is 5.61. The van der Waals surface area contributed by atoms with E-state index < -0.39 is 11.4 Å². The monoisotopic (exact) mass is 357 g/mol. The van der Waals surface area contributed by atoms with Gasteiger partial charge in [0.25, 0.3) is 0 Å². The van der Waals surface area contributed by atoms with E-state index in [1.807, 2.05) is 26.0 Å². The van der Waals surface area contributed by atoms with Gasteiger partial charge in [-0.2, -0.15) is 4.98 Å². The Morgan fingerprint density at radius 2 is 1.71 bits per heavy atom. The molecular formula is C17H12ClN3O2S. The molecule has 0 spiro atoms. The summed E-state index contributed by atoms with van der Waals surface area (Å²) in [5, 5.41) is 0.535. The molecule has 0 N–H and O–H groups in total. The largest absolute Gasteiger partial charge is 0.359 e. The number of nitrogens with zero attached hydrogens (tertiary/aromatic N) is 3. The van der Waals surface area contributed by atoms with Gasteiger partial charge >= 0.3 is 11.4 Å². The average Bonchev–Trinajstić information content (AvgIpc) is 2.86. The van der Waals surface area contributed by atoms with E-state index in [1.54, 1.807) is 24.3 Å². The van der Waals surface area contributed by atoms with E-state index >= 15 is 0 Å². The Labute approximate surface area is 145 Å². The maximum Gasteiger partial charge on any atom is 0.359 e. The van der Waals surface area contributed by atoms with Gasteiger partial charge < -0.3 is 0 Å². The molecule has 5 nitrogen and oxygen atoms in total. The Bertz CT molecular complexity index is 1220. The van der Waals surface area contributed by atoms with Crippen LogP contribution in [0.3, 0.4) is 0 Å². The Morgan fingerprint density at radius 3 is 2.42 bits per heavy atom. The van der Waals surface area contributed by atoms with Crippen LogP contribution in [0.2, 0.25) is 5.02 Å². The second-order valence-corrected chi connectivity index (χ2v) is 7.06. The fraction of sp³-hybridized carbons (Fsp3) is 0.118. The zero-order valence-electron chi connectivity index (χ0n) is 12.9. The number of fused-ring (bicyclic) bond motifs is 3. The summed E-state index contributed by atoms with van der Waals surface area (Å²) >= 11 is 7.22. The van der Waals surface area contributed by atoms with Gasteiger partial charge in [0.2, 0.25) is 4.96 Å². The Balaban J connectivity index is 2.15. The summed E-state index contributed by atoms with van der Waals surface area (Å²) < 4.78 is 3.48. The van der Waals surface area contributed by atoms with Crippen LogP contribution in [0.1, 0.15) is 11.1 Å². The van der Waals surface area contributed by atoms with E-state index in [-0.39, 0.29) is 0 Å². The van der Waals surface area contributed by atoms with E-state index in [0.717, 1.165) is 25.9 Å². The highest BCUT2D eigenvalue weighted by atomic mass is 35.5. The van der Waals surface area contributed by atoms with Crippen molar-refractivity contribution in [1.82, 2.24) is 14.0 Å². The van der Waals surface area contributed by atoms with Crippen molar-refractivity contribution in [3.8, 4) is 5.69 Å². The highest BCUT2D eigenvalue weighted by Crippen LogP contribution is 2.26. The molecule has 120 valence electrons. The molecule has 2 aromatic carbocycles. The highest BCUT2D eigenvalue weighted by molar-refractivity contribution is 7.23. The number of hydrogen-bond donors (Lipinski definition) is 0. The molecular weight excluding hydrogens is 346 g/mol. The maximum absolute atomic E-state index is 13.0. The van der Waals surface area contributed by atoms with Crippen LogP contribution in [0.4, 0.5) is 0 Å². The van der Waals surface area contributed by atoms with Crippen LogP contribution in [0.15, 0.2) is 46.0 Å². The third kappa shape index (κ3) is 2.18. The lowest BCUT2D eigenvalue weighted by Gasteiger charge is -2.05. The third-order valence-electron chi connectivity index (χ3n) is 4.06. The molecule has 2 aromatic heterocycles. The van der Waals surface area contributed by atoms with Crippen LogP contribution in [0.5, 0.6) is 0 Å². The summed E-state index contributed by atoms with van der Waals surface area (Å²) in [6.07, 6.45) is 0. The Hall–Kier alpha value is -2.44. The first-order chi connectivity index (χ1) is 11.5. The zero-order chi connectivity index (χ0) is 17.0. The van der Waals surface area contributed by atoms with Crippen molar-refractivity contribution in [1.29, 1.82) is 0 Å². The second kappa shape index (κ2) is 5.29. The zero-order valence-corrected chi connectivity index (χ0v) is 14.5. The first kappa shape index (κ1) is 15.1. The number of benzene rings is 2. The topological polar surface area (TPSA) is 56.4 Å². The van der Waals surface area contributed by atoms with E-state index in [4.69, 9.17) is 11.6 Å². The Kier molecular flexibility index (Phi) is 3.33. The average molecular weight is 358 g/mol. The highest BCUT2D eigenvalue weighted by Gasteiger charge is 2.15. The predicted molar refractivity (Wildman–Crippen MR) is 96.9 cm³/mol. The molecule has 0 amide bonds. The molecule has 2 heterocycles. The molecule has 0 saturated carbocycles. The molecule has 0 atom stereocenters. The van der Waals surface area contributed by atoms with Crippen molar-refractivity contribution in [2.24, 2.45) is 0 Å². The minimum absolute atomic E-state index is 0.398. The van der Waals surface area contributed by atoms with Gasteiger partial charge in [-0.25, -0.2) is 18.6 Å². The standard InChI is InChI=1S/C17H12ClN3O2S/c1-9-7-13-14(8-10(9)2)24-16-19-15(22)20(17(23)21(13)16)12-5-3-11(18)4-6-12/h3-8H,1-2H3. The van der Waals surface area contributed by atoms with Crippen molar-refractivity contribution in [2.45, 2.75) is 13.8 Å². The van der Waals surface area contributed by atoms with E-state index in [9.17, 15) is 9.59 Å². The molecule has 0 radical (unpaired) electrons. The van der Waals surface area contributed by atoms with Crippen LogP contribution in [0, 0.1) is 13.8 Å². The molecule has 7 heteroatoms. The number of halogens is 1. The van der Waals surface area contributed by atoms with E-state index in [1.165, 1.54) is 15.7 Å². The summed E-state index contributed by atoms with van der Waals surface area (Å²) in [6.45, 7) is 4.01. The minimum Gasteiger partial charge on any atom is -0.247 e. The number of aryl methyl sites for hydroxylation is 2. The van der Waals surface area contributed by atoms with E-state index in [2.05, 4.69) is 4.98 Å². The van der Waals surface area contributed by atoms with Crippen LogP contribution in [-0.2, 0) is 0 Å². The summed E-state index contributed by atoms with van der Waals surface area (Å²) in [6, 6.07) is 10.5. The summed E-state index contributed by atoms with van der Waals surface area (Å²) in [5.41, 5.74) is 2.40. The number of thiazole rings is 1. The van der Waals surface area contributed by atoms with Gasteiger partial charge in [0, 0.05) is 5.02 Å². The van der Waals surface area contributed by atoms with Gasteiger partial charge in [-0.1, -0.05) is 22.9 Å². The molecule has 4 rings (SSSR count). The molecule has 0 aliphatic heterocycles. The molecule has 4 aromatic rings.